The molecule has 2 aliphatic heterocycles. The molecule has 0 aliphatic carbocycles. The molecular weight excluding hydrogens is 472 g/mol. The molecule has 8 heteroatoms. The third-order valence-corrected chi connectivity index (χ3v) is 7.18. The van der Waals surface area contributed by atoms with Crippen LogP contribution in [0.15, 0.2) is 59.5 Å². The van der Waals surface area contributed by atoms with E-state index in [1.54, 1.807) is 7.11 Å². The summed E-state index contributed by atoms with van der Waals surface area (Å²) >= 11 is 0. The molecule has 3 heterocycles. The van der Waals surface area contributed by atoms with Gasteiger partial charge in [0.2, 0.25) is 0 Å². The maximum atomic E-state index is 12.8. The zero-order valence-corrected chi connectivity index (χ0v) is 21.4. The molecule has 1 N–H and O–H groups in total. The minimum absolute atomic E-state index is 0.00569. The van der Waals surface area contributed by atoms with Crippen molar-refractivity contribution < 1.29 is 24.1 Å². The van der Waals surface area contributed by atoms with E-state index >= 15 is 0 Å². The quantitative estimate of drug-likeness (QED) is 0.420. The van der Waals surface area contributed by atoms with Crippen molar-refractivity contribution in [3.05, 3.63) is 81.6 Å². The Balaban J connectivity index is 1.63. The molecule has 0 bridgehead atoms. The second-order valence-corrected chi connectivity index (χ2v) is 10.2. The molecule has 0 saturated carbocycles. The van der Waals surface area contributed by atoms with Gasteiger partial charge >= 0.3 is 5.97 Å². The second-order valence-electron chi connectivity index (χ2n) is 10.2. The third-order valence-electron chi connectivity index (χ3n) is 7.18. The van der Waals surface area contributed by atoms with Crippen molar-refractivity contribution >= 4 is 5.97 Å². The lowest BCUT2D eigenvalue weighted by Gasteiger charge is -2.44. The van der Waals surface area contributed by atoms with Crippen LogP contribution in [-0.4, -0.2) is 41.6 Å². The minimum atomic E-state index is -1.23. The number of nitrogens with zero attached hydrogens (tertiary/aromatic N) is 2. The number of methoxy groups -OCH3 is 1. The molecule has 37 heavy (non-hydrogen) atoms. The molecule has 1 fully saturated rings. The van der Waals surface area contributed by atoms with Crippen molar-refractivity contribution in [2.24, 2.45) is 0 Å². The van der Waals surface area contributed by atoms with Gasteiger partial charge in [0.1, 0.15) is 12.2 Å². The second kappa shape index (κ2) is 9.94. The Hall–Kier alpha value is -3.78. The maximum absolute atomic E-state index is 12.8. The Morgan fingerprint density at radius 3 is 2.57 bits per heavy atom. The molecule has 2 aromatic carbocycles. The van der Waals surface area contributed by atoms with Gasteiger partial charge in [0, 0.05) is 38.0 Å². The number of ether oxygens (including phenoxy) is 3. The van der Waals surface area contributed by atoms with Gasteiger partial charge in [-0.05, 0) is 49.9 Å². The molecule has 2 aliphatic rings. The average molecular weight is 505 g/mol. The van der Waals surface area contributed by atoms with Gasteiger partial charge in [0.15, 0.2) is 16.9 Å². The number of rotatable bonds is 9. The van der Waals surface area contributed by atoms with Gasteiger partial charge in [-0.2, -0.15) is 0 Å². The fourth-order valence-electron chi connectivity index (χ4n) is 5.36. The van der Waals surface area contributed by atoms with Crippen LogP contribution in [0.5, 0.6) is 11.5 Å². The standard InChI is InChI=1S/C29H32N2O6/c1-29(2)11-10-23-20-14-26(36-13-7-12-35-3)27(37-18-19-8-5-4-6-9-19)15-21(20)24-16-25(32)22(28(33)34)17-30(24)31(23)29/h4-6,8-9,14-17,23H,7,10-13,18H2,1-3H3,(H,33,34)/t23-/m1/s1. The summed E-state index contributed by atoms with van der Waals surface area (Å²) in [7, 11) is 1.67. The van der Waals surface area contributed by atoms with Crippen LogP contribution in [0.2, 0.25) is 0 Å². The van der Waals surface area contributed by atoms with Crippen LogP contribution in [0.3, 0.4) is 0 Å². The highest BCUT2D eigenvalue weighted by Gasteiger charge is 2.45. The highest BCUT2D eigenvalue weighted by molar-refractivity contribution is 5.88. The number of hydrogen-bond acceptors (Lipinski definition) is 6. The molecule has 1 saturated heterocycles. The average Bonchev–Trinajstić information content (AvgIpc) is 3.20. The lowest BCUT2D eigenvalue weighted by atomic mass is 9.93. The van der Waals surface area contributed by atoms with E-state index in [4.69, 9.17) is 14.2 Å². The summed E-state index contributed by atoms with van der Waals surface area (Å²) in [6, 6.07) is 15.3. The van der Waals surface area contributed by atoms with Gasteiger partial charge in [-0.25, -0.2) is 4.79 Å². The first-order valence-corrected chi connectivity index (χ1v) is 12.6. The number of hydrogen-bond donors (Lipinski definition) is 1. The van der Waals surface area contributed by atoms with E-state index in [0.717, 1.165) is 36.0 Å². The van der Waals surface area contributed by atoms with Gasteiger partial charge in [-0.1, -0.05) is 30.3 Å². The predicted octanol–water partition coefficient (Wildman–Crippen LogP) is 4.77. The lowest BCUT2D eigenvalue weighted by molar-refractivity contribution is 0.0694. The van der Waals surface area contributed by atoms with Crippen LogP contribution >= 0.6 is 0 Å². The van der Waals surface area contributed by atoms with Crippen molar-refractivity contribution in [2.75, 3.05) is 25.3 Å². The predicted molar refractivity (Wildman–Crippen MR) is 140 cm³/mol. The first-order valence-electron chi connectivity index (χ1n) is 12.6. The summed E-state index contributed by atoms with van der Waals surface area (Å²) in [5.41, 5.74) is 2.56. The minimum Gasteiger partial charge on any atom is -0.490 e. The van der Waals surface area contributed by atoms with E-state index in [9.17, 15) is 14.7 Å². The molecule has 0 unspecified atom stereocenters. The van der Waals surface area contributed by atoms with E-state index in [1.165, 1.54) is 12.3 Å². The Morgan fingerprint density at radius 2 is 1.84 bits per heavy atom. The van der Waals surface area contributed by atoms with E-state index in [2.05, 4.69) is 18.9 Å². The lowest BCUT2D eigenvalue weighted by Crippen LogP contribution is -2.50. The summed E-state index contributed by atoms with van der Waals surface area (Å²) in [5.74, 6) is -0.00762. The first kappa shape index (κ1) is 24.9. The smallest absolute Gasteiger partial charge is 0.341 e. The van der Waals surface area contributed by atoms with E-state index < -0.39 is 11.4 Å². The van der Waals surface area contributed by atoms with Gasteiger partial charge in [-0.3, -0.25) is 14.5 Å². The number of benzene rings is 2. The normalized spacial score (nSPS) is 17.1. The Kier molecular flexibility index (Phi) is 6.69. The summed E-state index contributed by atoms with van der Waals surface area (Å²) in [6.45, 7) is 5.71. The van der Waals surface area contributed by atoms with Crippen molar-refractivity contribution in [1.82, 2.24) is 4.68 Å². The summed E-state index contributed by atoms with van der Waals surface area (Å²) < 4.78 is 19.5. The topological polar surface area (TPSA) is 90.2 Å². The van der Waals surface area contributed by atoms with Crippen LogP contribution in [0.1, 0.15) is 60.6 Å². The zero-order chi connectivity index (χ0) is 26.2. The molecule has 0 spiro atoms. The van der Waals surface area contributed by atoms with Crippen molar-refractivity contribution in [3.8, 4) is 22.8 Å². The first-order chi connectivity index (χ1) is 17.8. The van der Waals surface area contributed by atoms with E-state index in [1.807, 2.05) is 47.1 Å². The van der Waals surface area contributed by atoms with Gasteiger partial charge in [0.25, 0.3) is 0 Å². The fraction of sp³-hybridized carbons (Fsp3) is 0.379. The summed E-state index contributed by atoms with van der Waals surface area (Å²) in [5, 5.41) is 11.8. The number of fused-ring (bicyclic) bond motifs is 6. The van der Waals surface area contributed by atoms with Crippen LogP contribution < -0.4 is 19.9 Å². The third kappa shape index (κ3) is 4.69. The number of carbonyl (C=O) groups is 1. The highest BCUT2D eigenvalue weighted by atomic mass is 16.5. The number of aromatic nitrogens is 1. The molecule has 1 aromatic heterocycles. The SMILES string of the molecule is COCCCOc1cc2c(cc1OCc1ccccc1)-c1cc(=O)c(C(=O)O)cn1N1[C@@H]2CCC1(C)C. The van der Waals surface area contributed by atoms with Crippen LogP contribution in [0.4, 0.5) is 0 Å². The van der Waals surface area contributed by atoms with Crippen molar-refractivity contribution in [3.63, 3.8) is 0 Å². The Labute approximate surface area is 216 Å². The number of pyridine rings is 1. The molecule has 3 aromatic rings. The molecule has 0 radical (unpaired) electrons. The van der Waals surface area contributed by atoms with Crippen molar-refractivity contribution in [1.29, 1.82) is 0 Å². The van der Waals surface area contributed by atoms with Crippen molar-refractivity contribution in [2.45, 2.75) is 51.3 Å². The van der Waals surface area contributed by atoms with Gasteiger partial charge in [0.05, 0.1) is 23.9 Å². The van der Waals surface area contributed by atoms with Gasteiger partial charge in [-0.15, -0.1) is 0 Å². The molecule has 8 nitrogen and oxygen atoms in total. The van der Waals surface area contributed by atoms with Crippen LogP contribution in [-0.2, 0) is 11.3 Å². The van der Waals surface area contributed by atoms with Gasteiger partial charge < -0.3 is 19.3 Å². The Bertz CT molecular complexity index is 1360. The van der Waals surface area contributed by atoms with E-state index in [-0.39, 0.29) is 17.1 Å². The van der Waals surface area contributed by atoms with Crippen LogP contribution in [0.25, 0.3) is 11.3 Å². The molecule has 5 rings (SSSR count). The summed E-state index contributed by atoms with van der Waals surface area (Å²) in [6.07, 6.45) is 4.01. The monoisotopic (exact) mass is 504 g/mol. The van der Waals surface area contributed by atoms with Crippen LogP contribution in [0, 0.1) is 0 Å². The summed E-state index contributed by atoms with van der Waals surface area (Å²) in [4.78, 5) is 24.6. The Morgan fingerprint density at radius 1 is 1.08 bits per heavy atom. The zero-order valence-electron chi connectivity index (χ0n) is 21.4. The highest BCUT2D eigenvalue weighted by Crippen LogP contribution is 2.50. The number of carboxylic acids is 1. The molecule has 1 atom stereocenters. The molecular formula is C29H32N2O6. The number of carboxylic acid groups (broad SMARTS) is 1. The molecule has 194 valence electrons. The largest absolute Gasteiger partial charge is 0.490 e. The maximum Gasteiger partial charge on any atom is 0.341 e. The molecule has 0 amide bonds. The fourth-order valence-corrected chi connectivity index (χ4v) is 5.36. The van der Waals surface area contributed by atoms with E-state index in [0.29, 0.717) is 37.0 Å². The number of aromatic carboxylic acids is 1.